The zero-order valence-corrected chi connectivity index (χ0v) is 29.0. The summed E-state index contributed by atoms with van der Waals surface area (Å²) in [5.41, 5.74) is 2.96. The van der Waals surface area contributed by atoms with E-state index in [2.05, 4.69) is 58.2 Å². The number of aliphatic hydroxyl groups is 2. The van der Waals surface area contributed by atoms with Gasteiger partial charge >= 0.3 is 11.9 Å². The van der Waals surface area contributed by atoms with E-state index in [0.29, 0.717) is 31.3 Å². The number of esters is 2. The van der Waals surface area contributed by atoms with Crippen LogP contribution in [0.3, 0.4) is 0 Å². The molecule has 1 saturated heterocycles. The summed E-state index contributed by atoms with van der Waals surface area (Å²) >= 11 is 0. The van der Waals surface area contributed by atoms with Crippen LogP contribution in [0.5, 0.6) is 0 Å². The van der Waals surface area contributed by atoms with Gasteiger partial charge in [-0.3, -0.25) is 0 Å². The Labute approximate surface area is 278 Å². The first-order valence-electron chi connectivity index (χ1n) is 17.8. The molecule has 0 bridgehead atoms. The Hall–Kier alpha value is -2.48. The fraction of sp³-hybridized carbons (Fsp3) is 0.692. The zero-order valence-electron chi connectivity index (χ0n) is 29.0. The van der Waals surface area contributed by atoms with E-state index >= 15 is 0 Å². The van der Waals surface area contributed by atoms with Gasteiger partial charge in [0.15, 0.2) is 0 Å². The highest BCUT2D eigenvalue weighted by Gasteiger charge is 2.31. The molecule has 1 fully saturated rings. The van der Waals surface area contributed by atoms with Gasteiger partial charge in [-0.1, -0.05) is 96.7 Å². The van der Waals surface area contributed by atoms with E-state index in [1.54, 1.807) is 0 Å². The summed E-state index contributed by atoms with van der Waals surface area (Å²) in [5, 5.41) is 18.2. The summed E-state index contributed by atoms with van der Waals surface area (Å²) in [6, 6.07) is 9.27. The molecule has 260 valence electrons. The highest BCUT2D eigenvalue weighted by molar-refractivity contribution is 5.88. The second kappa shape index (κ2) is 22.9. The standard InChI is InChI=1S/C39H62O7/c1-6-7-8-12-33-16-18-34(19-17-33)13-10-9-11-29(2)14-15-30(3)36-20-21-37(46-28-36)35(22-24-44-38(42)31(4)26-40)23-25-45-39(43)32(5)27-41/h16-19,29-30,35-37,40-41H,4-15,20-28H2,1-3H3. The van der Waals surface area contributed by atoms with Crippen LogP contribution < -0.4 is 0 Å². The van der Waals surface area contributed by atoms with E-state index in [9.17, 15) is 9.59 Å². The van der Waals surface area contributed by atoms with Crippen molar-refractivity contribution in [2.75, 3.05) is 33.0 Å². The van der Waals surface area contributed by atoms with Gasteiger partial charge in [-0.05, 0) is 86.2 Å². The summed E-state index contributed by atoms with van der Waals surface area (Å²) in [4.78, 5) is 23.9. The third kappa shape index (κ3) is 15.4. The van der Waals surface area contributed by atoms with Gasteiger partial charge < -0.3 is 24.4 Å². The van der Waals surface area contributed by atoms with Gasteiger partial charge in [0, 0.05) is 0 Å². The first-order chi connectivity index (χ1) is 22.2. The number of aryl methyl sites for hydroxylation is 2. The number of carbonyl (C=O) groups excluding carboxylic acids is 2. The molecule has 0 spiro atoms. The molecule has 0 saturated carbocycles. The van der Waals surface area contributed by atoms with Crippen molar-refractivity contribution in [3.63, 3.8) is 0 Å². The fourth-order valence-corrected chi connectivity index (χ4v) is 6.27. The predicted molar refractivity (Wildman–Crippen MR) is 184 cm³/mol. The largest absolute Gasteiger partial charge is 0.462 e. The molecule has 7 heteroatoms. The maximum absolute atomic E-state index is 11.9. The first kappa shape index (κ1) is 39.7. The van der Waals surface area contributed by atoms with Gasteiger partial charge in [0.1, 0.15) is 0 Å². The fourth-order valence-electron chi connectivity index (χ4n) is 6.27. The summed E-state index contributed by atoms with van der Waals surface area (Å²) in [5.74, 6) is 0.647. The molecule has 7 nitrogen and oxygen atoms in total. The van der Waals surface area contributed by atoms with E-state index in [1.165, 1.54) is 75.3 Å². The monoisotopic (exact) mass is 642 g/mol. The van der Waals surface area contributed by atoms with Crippen LogP contribution in [0.15, 0.2) is 48.6 Å². The minimum absolute atomic E-state index is 0.0147. The summed E-state index contributed by atoms with van der Waals surface area (Å²) in [6.07, 6.45) is 15.6. The summed E-state index contributed by atoms with van der Waals surface area (Å²) in [7, 11) is 0. The molecule has 1 aliphatic rings. The van der Waals surface area contributed by atoms with Crippen LogP contribution in [0.2, 0.25) is 0 Å². The van der Waals surface area contributed by atoms with E-state index in [4.69, 9.17) is 24.4 Å². The Bertz CT molecular complexity index is 991. The minimum atomic E-state index is -0.609. The topological polar surface area (TPSA) is 102 Å². The lowest BCUT2D eigenvalue weighted by Gasteiger charge is -2.36. The molecule has 2 rings (SSSR count). The van der Waals surface area contributed by atoms with Crippen LogP contribution in [0, 0.1) is 23.7 Å². The summed E-state index contributed by atoms with van der Waals surface area (Å²) in [6.45, 7) is 14.2. The SMILES string of the molecule is C=C(CO)C(=O)OCCC(CCOC(=O)C(=C)CO)C1CCC(C(C)CCC(C)CCCCc2ccc(CCCCC)cc2)CO1. The van der Waals surface area contributed by atoms with Crippen molar-refractivity contribution in [1.29, 1.82) is 0 Å². The number of carbonyl (C=O) groups is 2. The lowest BCUT2D eigenvalue weighted by atomic mass is 9.80. The molecule has 46 heavy (non-hydrogen) atoms. The molecule has 1 aliphatic heterocycles. The van der Waals surface area contributed by atoms with Crippen LogP contribution in [0.1, 0.15) is 109 Å². The lowest BCUT2D eigenvalue weighted by molar-refractivity contribution is -0.141. The number of hydrogen-bond donors (Lipinski definition) is 2. The highest BCUT2D eigenvalue weighted by Crippen LogP contribution is 2.34. The van der Waals surface area contributed by atoms with Gasteiger partial charge in [0.2, 0.25) is 0 Å². The maximum atomic E-state index is 11.9. The van der Waals surface area contributed by atoms with Crippen LogP contribution in [-0.2, 0) is 36.6 Å². The second-order valence-corrected chi connectivity index (χ2v) is 13.5. The van der Waals surface area contributed by atoms with Crippen molar-refractivity contribution < 1.29 is 34.0 Å². The maximum Gasteiger partial charge on any atom is 0.335 e. The van der Waals surface area contributed by atoms with E-state index in [-0.39, 0.29) is 36.4 Å². The molecule has 4 atom stereocenters. The minimum Gasteiger partial charge on any atom is -0.462 e. The predicted octanol–water partition coefficient (Wildman–Crippen LogP) is 7.56. The zero-order chi connectivity index (χ0) is 33.7. The average Bonchev–Trinajstić information content (AvgIpc) is 3.08. The van der Waals surface area contributed by atoms with E-state index in [0.717, 1.165) is 18.8 Å². The Morgan fingerprint density at radius 1 is 0.804 bits per heavy atom. The molecule has 1 aromatic rings. The Kier molecular flexibility index (Phi) is 19.8. The van der Waals surface area contributed by atoms with Crippen LogP contribution in [0.4, 0.5) is 0 Å². The van der Waals surface area contributed by atoms with Crippen molar-refractivity contribution >= 4 is 11.9 Å². The first-order valence-corrected chi connectivity index (χ1v) is 17.8. The molecule has 0 aliphatic carbocycles. The number of ether oxygens (including phenoxy) is 3. The van der Waals surface area contributed by atoms with E-state index in [1.807, 2.05) is 0 Å². The Morgan fingerprint density at radius 2 is 1.35 bits per heavy atom. The third-order valence-electron chi connectivity index (χ3n) is 9.70. The molecular weight excluding hydrogens is 580 g/mol. The smallest absolute Gasteiger partial charge is 0.335 e. The molecule has 2 N–H and O–H groups in total. The van der Waals surface area contributed by atoms with E-state index < -0.39 is 25.2 Å². The van der Waals surface area contributed by atoms with Crippen molar-refractivity contribution in [2.45, 2.75) is 117 Å². The van der Waals surface area contributed by atoms with Gasteiger partial charge in [-0.15, -0.1) is 0 Å². The second-order valence-electron chi connectivity index (χ2n) is 13.5. The number of aliphatic hydroxyl groups excluding tert-OH is 2. The van der Waals surface area contributed by atoms with Gasteiger partial charge in [0.25, 0.3) is 0 Å². The molecule has 0 radical (unpaired) electrons. The number of benzene rings is 1. The highest BCUT2D eigenvalue weighted by atomic mass is 16.5. The third-order valence-corrected chi connectivity index (χ3v) is 9.70. The Morgan fingerprint density at radius 3 is 1.83 bits per heavy atom. The van der Waals surface area contributed by atoms with Crippen LogP contribution in [0.25, 0.3) is 0 Å². The normalized spacial score (nSPS) is 17.8. The molecule has 0 amide bonds. The van der Waals surface area contributed by atoms with Crippen molar-refractivity contribution in [1.82, 2.24) is 0 Å². The average molecular weight is 643 g/mol. The summed E-state index contributed by atoms with van der Waals surface area (Å²) < 4.78 is 17.0. The van der Waals surface area contributed by atoms with Crippen molar-refractivity contribution in [2.24, 2.45) is 23.7 Å². The van der Waals surface area contributed by atoms with Gasteiger partial charge in [0.05, 0.1) is 50.3 Å². The van der Waals surface area contributed by atoms with Crippen LogP contribution in [-0.4, -0.2) is 61.3 Å². The van der Waals surface area contributed by atoms with Gasteiger partial charge in [-0.2, -0.15) is 0 Å². The molecule has 1 heterocycles. The molecule has 0 aromatic heterocycles. The van der Waals surface area contributed by atoms with Crippen molar-refractivity contribution in [3.05, 3.63) is 59.7 Å². The number of rotatable bonds is 24. The van der Waals surface area contributed by atoms with Crippen molar-refractivity contribution in [3.8, 4) is 0 Å². The van der Waals surface area contributed by atoms with Crippen LogP contribution >= 0.6 is 0 Å². The van der Waals surface area contributed by atoms with Gasteiger partial charge in [-0.25, -0.2) is 9.59 Å². The molecule has 4 unspecified atom stereocenters. The number of hydrogen-bond acceptors (Lipinski definition) is 7. The lowest BCUT2D eigenvalue weighted by Crippen LogP contribution is -2.35. The number of unbranched alkanes of at least 4 members (excludes halogenated alkanes) is 3. The quantitative estimate of drug-likeness (QED) is 0.0682. The molecular formula is C39H62O7. The Balaban J connectivity index is 1.71. The molecule has 1 aromatic carbocycles.